The Morgan fingerprint density at radius 2 is 1.71 bits per heavy atom. The molecule has 108 valence electrons. The number of nitrogens with zero attached hydrogens (tertiary/aromatic N) is 2. The minimum Gasteiger partial charge on any atom is -0.508 e. The van der Waals surface area contributed by atoms with Gasteiger partial charge in [0.1, 0.15) is 5.75 Å². The highest BCUT2D eigenvalue weighted by molar-refractivity contribution is 5.95. The fourth-order valence-electron chi connectivity index (χ4n) is 1.70. The average molecular weight is 283 g/mol. The van der Waals surface area contributed by atoms with Crippen molar-refractivity contribution in [3.8, 4) is 5.75 Å². The molecule has 0 atom stereocenters. The van der Waals surface area contributed by atoms with Crippen molar-refractivity contribution in [1.29, 1.82) is 0 Å². The molecule has 0 aliphatic carbocycles. The number of rotatable bonds is 4. The van der Waals surface area contributed by atoms with Crippen molar-refractivity contribution < 1.29 is 9.90 Å². The molecular weight excluding hydrogens is 266 g/mol. The maximum Gasteiger partial charge on any atom is 0.271 e. The van der Waals surface area contributed by atoms with Gasteiger partial charge in [-0.15, -0.1) is 0 Å². The zero-order chi connectivity index (χ0) is 15.2. The summed E-state index contributed by atoms with van der Waals surface area (Å²) in [5, 5.41) is 13.1. The van der Waals surface area contributed by atoms with Gasteiger partial charge in [0.2, 0.25) is 0 Å². The maximum absolute atomic E-state index is 11.9. The number of amides is 1. The van der Waals surface area contributed by atoms with Crippen LogP contribution in [0.5, 0.6) is 5.75 Å². The number of hydrogen-bond donors (Lipinski definition) is 2. The molecule has 5 nitrogen and oxygen atoms in total. The Bertz CT molecular complexity index is 632. The minimum atomic E-state index is -0.268. The quantitative estimate of drug-likeness (QED) is 0.668. The molecule has 0 radical (unpaired) electrons. The monoisotopic (exact) mass is 283 g/mol. The number of hydrazone groups is 1. The Kier molecular flexibility index (Phi) is 4.56. The van der Waals surface area contributed by atoms with Gasteiger partial charge < -0.3 is 10.0 Å². The predicted octanol–water partition coefficient (Wildman–Crippen LogP) is 2.22. The summed E-state index contributed by atoms with van der Waals surface area (Å²) in [5.74, 6) is -0.0764. The van der Waals surface area contributed by atoms with E-state index in [0.29, 0.717) is 5.56 Å². The molecular formula is C16H17N3O2. The number of aromatic hydroxyl groups is 1. The zero-order valence-electron chi connectivity index (χ0n) is 11.9. The van der Waals surface area contributed by atoms with E-state index in [1.807, 2.05) is 31.1 Å². The summed E-state index contributed by atoms with van der Waals surface area (Å²) >= 11 is 0. The number of phenolic OH excluding ortho intramolecular Hbond substituents is 1. The molecule has 0 unspecified atom stereocenters. The highest BCUT2D eigenvalue weighted by Crippen LogP contribution is 2.12. The lowest BCUT2D eigenvalue weighted by Gasteiger charge is -2.12. The van der Waals surface area contributed by atoms with Crippen LogP contribution in [-0.2, 0) is 0 Å². The summed E-state index contributed by atoms with van der Waals surface area (Å²) in [6.45, 7) is 0. The third-order valence-corrected chi connectivity index (χ3v) is 2.92. The Hall–Kier alpha value is -2.82. The first kappa shape index (κ1) is 14.6. The second kappa shape index (κ2) is 6.56. The molecule has 0 heterocycles. The Labute approximate surface area is 123 Å². The summed E-state index contributed by atoms with van der Waals surface area (Å²) < 4.78 is 0. The molecule has 2 N–H and O–H groups in total. The van der Waals surface area contributed by atoms with Gasteiger partial charge in [0.05, 0.1) is 6.21 Å². The molecule has 21 heavy (non-hydrogen) atoms. The first-order valence-electron chi connectivity index (χ1n) is 6.46. The van der Waals surface area contributed by atoms with E-state index < -0.39 is 0 Å². The van der Waals surface area contributed by atoms with Crippen molar-refractivity contribution in [3.05, 3.63) is 59.7 Å². The van der Waals surface area contributed by atoms with Crippen molar-refractivity contribution >= 4 is 17.8 Å². The van der Waals surface area contributed by atoms with Crippen LogP contribution in [0.2, 0.25) is 0 Å². The van der Waals surface area contributed by atoms with Gasteiger partial charge in [0, 0.05) is 25.3 Å². The molecule has 1 amide bonds. The minimum absolute atomic E-state index is 0.192. The van der Waals surface area contributed by atoms with E-state index in [0.717, 1.165) is 11.3 Å². The molecule has 2 aromatic carbocycles. The maximum atomic E-state index is 11.9. The molecule has 0 aliphatic rings. The standard InChI is InChI=1S/C16H17N3O2/c1-19(2)14-7-5-13(6-8-14)16(21)18-17-11-12-3-9-15(20)10-4-12/h3-11,20H,1-2H3,(H,18,21)/b17-11+. The summed E-state index contributed by atoms with van der Waals surface area (Å²) in [6.07, 6.45) is 1.52. The SMILES string of the molecule is CN(C)c1ccc(C(=O)N/N=C/c2ccc(O)cc2)cc1. The van der Waals surface area contributed by atoms with Crippen LogP contribution in [0.25, 0.3) is 0 Å². The molecule has 2 aromatic rings. The number of benzene rings is 2. The normalized spacial score (nSPS) is 10.6. The lowest BCUT2D eigenvalue weighted by molar-refractivity contribution is 0.0955. The molecule has 0 saturated carbocycles. The number of phenols is 1. The van der Waals surface area contributed by atoms with Crippen molar-refractivity contribution in [2.45, 2.75) is 0 Å². The fraction of sp³-hybridized carbons (Fsp3) is 0.125. The van der Waals surface area contributed by atoms with Gasteiger partial charge in [-0.3, -0.25) is 4.79 Å². The predicted molar refractivity (Wildman–Crippen MR) is 83.9 cm³/mol. The van der Waals surface area contributed by atoms with Gasteiger partial charge in [-0.25, -0.2) is 5.43 Å². The van der Waals surface area contributed by atoms with Gasteiger partial charge in [-0.05, 0) is 54.1 Å². The Morgan fingerprint density at radius 3 is 2.29 bits per heavy atom. The van der Waals surface area contributed by atoms with Gasteiger partial charge in [0.25, 0.3) is 5.91 Å². The highest BCUT2D eigenvalue weighted by atomic mass is 16.3. The average Bonchev–Trinajstić information content (AvgIpc) is 2.49. The zero-order valence-corrected chi connectivity index (χ0v) is 11.9. The summed E-state index contributed by atoms with van der Waals surface area (Å²) in [6, 6.07) is 13.8. The Morgan fingerprint density at radius 1 is 1.10 bits per heavy atom. The largest absolute Gasteiger partial charge is 0.508 e. The van der Waals surface area contributed by atoms with Crippen molar-refractivity contribution in [2.75, 3.05) is 19.0 Å². The van der Waals surface area contributed by atoms with E-state index in [2.05, 4.69) is 10.5 Å². The summed E-state index contributed by atoms with van der Waals surface area (Å²) in [4.78, 5) is 13.9. The van der Waals surface area contributed by atoms with Crippen molar-refractivity contribution in [1.82, 2.24) is 5.43 Å². The topological polar surface area (TPSA) is 64.9 Å². The second-order valence-corrected chi connectivity index (χ2v) is 4.73. The van der Waals surface area contributed by atoms with Gasteiger partial charge in [0.15, 0.2) is 0 Å². The van der Waals surface area contributed by atoms with Gasteiger partial charge in [-0.1, -0.05) is 0 Å². The van der Waals surface area contributed by atoms with Crippen molar-refractivity contribution in [3.63, 3.8) is 0 Å². The van der Waals surface area contributed by atoms with Crippen molar-refractivity contribution in [2.24, 2.45) is 5.10 Å². The number of anilines is 1. The van der Waals surface area contributed by atoms with Gasteiger partial charge >= 0.3 is 0 Å². The van der Waals surface area contributed by atoms with Crippen LogP contribution in [0.15, 0.2) is 53.6 Å². The molecule has 0 saturated heterocycles. The Balaban J connectivity index is 1.96. The second-order valence-electron chi connectivity index (χ2n) is 4.73. The number of carbonyl (C=O) groups excluding carboxylic acids is 1. The molecule has 0 spiro atoms. The molecule has 0 fully saturated rings. The van der Waals surface area contributed by atoms with E-state index in [4.69, 9.17) is 5.11 Å². The van der Waals surface area contributed by atoms with Crippen LogP contribution in [0.1, 0.15) is 15.9 Å². The van der Waals surface area contributed by atoms with E-state index in [-0.39, 0.29) is 11.7 Å². The number of nitrogens with one attached hydrogen (secondary N) is 1. The van der Waals surface area contributed by atoms with Crippen LogP contribution in [-0.4, -0.2) is 31.3 Å². The molecule has 2 rings (SSSR count). The first-order valence-corrected chi connectivity index (χ1v) is 6.46. The summed E-state index contributed by atoms with van der Waals surface area (Å²) in [5.41, 5.74) is 4.83. The smallest absolute Gasteiger partial charge is 0.271 e. The summed E-state index contributed by atoms with van der Waals surface area (Å²) in [7, 11) is 3.88. The highest BCUT2D eigenvalue weighted by Gasteiger charge is 2.04. The molecule has 5 heteroatoms. The third kappa shape index (κ3) is 4.07. The molecule has 0 aromatic heterocycles. The van der Waals surface area contributed by atoms with Crippen LogP contribution in [0.4, 0.5) is 5.69 Å². The van der Waals surface area contributed by atoms with Crippen LogP contribution in [0, 0.1) is 0 Å². The van der Waals surface area contributed by atoms with Crippen LogP contribution >= 0.6 is 0 Å². The van der Waals surface area contributed by atoms with Crippen LogP contribution in [0.3, 0.4) is 0 Å². The third-order valence-electron chi connectivity index (χ3n) is 2.92. The fourth-order valence-corrected chi connectivity index (χ4v) is 1.70. The first-order chi connectivity index (χ1) is 10.1. The van der Waals surface area contributed by atoms with E-state index in [9.17, 15) is 4.79 Å². The number of hydrogen-bond acceptors (Lipinski definition) is 4. The van der Waals surface area contributed by atoms with Gasteiger partial charge in [-0.2, -0.15) is 5.10 Å². The number of carbonyl (C=O) groups is 1. The van der Waals surface area contributed by atoms with Crippen LogP contribution < -0.4 is 10.3 Å². The lowest BCUT2D eigenvalue weighted by atomic mass is 10.2. The van der Waals surface area contributed by atoms with E-state index in [1.165, 1.54) is 6.21 Å². The van der Waals surface area contributed by atoms with E-state index in [1.54, 1.807) is 36.4 Å². The lowest BCUT2D eigenvalue weighted by Crippen LogP contribution is -2.17. The van der Waals surface area contributed by atoms with E-state index >= 15 is 0 Å². The molecule has 0 bridgehead atoms. The molecule has 0 aliphatic heterocycles.